The fraction of sp³-hybridized carbons (Fsp3) is 1.00. The lowest BCUT2D eigenvalue weighted by molar-refractivity contribution is 0.480. The zero-order valence-corrected chi connectivity index (χ0v) is 7.87. The minimum atomic E-state index is -1.86. The fourth-order valence-electron chi connectivity index (χ4n) is 0.115. The van der Waals surface area contributed by atoms with Crippen molar-refractivity contribution < 1.29 is 8.76 Å². The second-order valence-electron chi connectivity index (χ2n) is 0.952. The number of nitrogens with zero attached hydrogens (tertiary/aromatic N) is 1. The normalized spacial score (nSPS) is 14.5. The standard InChI is InChI=1S/C2H5Br2NO2S/c3-1-5(2-4)8(6)7/h1-2H2,(H,6,7). The Morgan fingerprint density at radius 2 is 1.88 bits per heavy atom. The maximum absolute atomic E-state index is 10.1. The molecular formula is C2H5Br2NO2S. The zero-order valence-electron chi connectivity index (χ0n) is 3.88. The Bertz CT molecular complexity index is 86.1. The minimum absolute atomic E-state index is 0.390. The van der Waals surface area contributed by atoms with Crippen LogP contribution in [0.15, 0.2) is 0 Å². The predicted octanol–water partition coefficient (Wildman–Crippen LogP) is 1.13. The van der Waals surface area contributed by atoms with Crippen LogP contribution in [0.3, 0.4) is 0 Å². The molecule has 0 heterocycles. The molecule has 0 bridgehead atoms. The highest BCUT2D eigenvalue weighted by atomic mass is 79.9. The Kier molecular flexibility index (Phi) is 5.49. The molecule has 1 N–H and O–H groups in total. The number of alkyl halides is 2. The van der Waals surface area contributed by atoms with E-state index < -0.39 is 11.3 Å². The molecule has 3 nitrogen and oxygen atoms in total. The number of halogens is 2. The third kappa shape index (κ3) is 3.13. The maximum atomic E-state index is 10.1. The van der Waals surface area contributed by atoms with Gasteiger partial charge in [-0.3, -0.25) is 4.55 Å². The van der Waals surface area contributed by atoms with E-state index in [0.717, 1.165) is 0 Å². The van der Waals surface area contributed by atoms with Crippen LogP contribution in [0.25, 0.3) is 0 Å². The van der Waals surface area contributed by atoms with Gasteiger partial charge in [0.1, 0.15) is 0 Å². The molecule has 0 spiro atoms. The molecule has 0 saturated heterocycles. The summed E-state index contributed by atoms with van der Waals surface area (Å²) in [5.74, 6) is 0. The van der Waals surface area contributed by atoms with E-state index >= 15 is 0 Å². The molecule has 1 atom stereocenters. The average Bonchev–Trinajstić information content (AvgIpc) is 1.69. The van der Waals surface area contributed by atoms with Crippen LogP contribution in [0.4, 0.5) is 0 Å². The molecule has 0 aromatic heterocycles. The first-order chi connectivity index (χ1) is 3.72. The molecule has 0 radical (unpaired) electrons. The van der Waals surface area contributed by atoms with Gasteiger partial charge in [0.05, 0.1) is 10.9 Å². The Morgan fingerprint density at radius 1 is 1.50 bits per heavy atom. The molecule has 6 heteroatoms. The lowest BCUT2D eigenvalue weighted by Gasteiger charge is -2.07. The molecule has 0 aromatic carbocycles. The van der Waals surface area contributed by atoms with Crippen molar-refractivity contribution in [3.63, 3.8) is 0 Å². The SMILES string of the molecule is O=S(O)N(CBr)CBr. The van der Waals surface area contributed by atoms with E-state index in [9.17, 15) is 4.21 Å². The van der Waals surface area contributed by atoms with Crippen molar-refractivity contribution in [1.82, 2.24) is 4.31 Å². The predicted molar refractivity (Wildman–Crippen MR) is 40.2 cm³/mol. The second-order valence-corrected chi connectivity index (χ2v) is 2.93. The van der Waals surface area contributed by atoms with Crippen LogP contribution >= 0.6 is 31.9 Å². The van der Waals surface area contributed by atoms with Crippen LogP contribution < -0.4 is 0 Å². The van der Waals surface area contributed by atoms with Crippen molar-refractivity contribution in [3.05, 3.63) is 0 Å². The Labute approximate surface area is 67.1 Å². The number of rotatable bonds is 3. The van der Waals surface area contributed by atoms with Crippen LogP contribution in [0.5, 0.6) is 0 Å². The van der Waals surface area contributed by atoms with E-state index in [-0.39, 0.29) is 0 Å². The molecule has 0 fully saturated rings. The lowest BCUT2D eigenvalue weighted by atomic mass is 11.3. The van der Waals surface area contributed by atoms with Crippen molar-refractivity contribution in [2.45, 2.75) is 0 Å². The Balaban J connectivity index is 3.52. The fourth-order valence-corrected chi connectivity index (χ4v) is 2.16. The van der Waals surface area contributed by atoms with Crippen LogP contribution in [-0.4, -0.2) is 24.0 Å². The van der Waals surface area contributed by atoms with E-state index in [1.807, 2.05) is 0 Å². The van der Waals surface area contributed by atoms with Crippen LogP contribution in [0, 0.1) is 0 Å². The summed E-state index contributed by atoms with van der Waals surface area (Å²) in [7, 11) is 0. The van der Waals surface area contributed by atoms with Gasteiger partial charge < -0.3 is 0 Å². The summed E-state index contributed by atoms with van der Waals surface area (Å²) in [6, 6.07) is 0. The van der Waals surface area contributed by atoms with Crippen molar-refractivity contribution >= 4 is 43.1 Å². The van der Waals surface area contributed by atoms with E-state index in [4.69, 9.17) is 4.55 Å². The summed E-state index contributed by atoms with van der Waals surface area (Å²) in [6.45, 7) is 0. The molecule has 1 unspecified atom stereocenters. The van der Waals surface area contributed by atoms with Crippen molar-refractivity contribution in [3.8, 4) is 0 Å². The van der Waals surface area contributed by atoms with Crippen molar-refractivity contribution in [2.75, 3.05) is 10.9 Å². The van der Waals surface area contributed by atoms with Gasteiger partial charge in [0.15, 0.2) is 0 Å². The highest BCUT2D eigenvalue weighted by Crippen LogP contribution is 1.98. The summed E-state index contributed by atoms with van der Waals surface area (Å²) in [5, 5.41) is 0. The van der Waals surface area contributed by atoms with Gasteiger partial charge >= 0.3 is 0 Å². The van der Waals surface area contributed by atoms with Gasteiger partial charge in [-0.05, 0) is 0 Å². The molecule has 0 aliphatic rings. The van der Waals surface area contributed by atoms with Gasteiger partial charge in [-0.15, -0.1) is 0 Å². The van der Waals surface area contributed by atoms with Crippen molar-refractivity contribution in [1.29, 1.82) is 0 Å². The molecule has 0 aliphatic carbocycles. The highest BCUT2D eigenvalue weighted by molar-refractivity contribution is 9.09. The maximum Gasteiger partial charge on any atom is 0.236 e. The van der Waals surface area contributed by atoms with E-state index in [0.29, 0.717) is 10.9 Å². The minimum Gasteiger partial charge on any atom is -0.294 e. The van der Waals surface area contributed by atoms with Gasteiger partial charge in [-0.25, -0.2) is 4.21 Å². The first kappa shape index (κ1) is 9.03. The number of hydrogen-bond acceptors (Lipinski definition) is 1. The van der Waals surface area contributed by atoms with Gasteiger partial charge in [0.25, 0.3) is 0 Å². The molecule has 50 valence electrons. The van der Waals surface area contributed by atoms with E-state index in [1.54, 1.807) is 0 Å². The Morgan fingerprint density at radius 3 is 1.88 bits per heavy atom. The first-order valence-electron chi connectivity index (χ1n) is 1.70. The summed E-state index contributed by atoms with van der Waals surface area (Å²) in [4.78, 5) is 0. The molecule has 0 rings (SSSR count). The quantitative estimate of drug-likeness (QED) is 0.473. The average molecular weight is 267 g/mol. The topological polar surface area (TPSA) is 40.5 Å². The van der Waals surface area contributed by atoms with E-state index in [1.165, 1.54) is 4.31 Å². The molecule has 0 amide bonds. The summed E-state index contributed by atoms with van der Waals surface area (Å²) < 4.78 is 19.8. The van der Waals surface area contributed by atoms with Gasteiger partial charge in [-0.2, -0.15) is 4.31 Å². The smallest absolute Gasteiger partial charge is 0.236 e. The highest BCUT2D eigenvalue weighted by Gasteiger charge is 2.04. The molecule has 8 heavy (non-hydrogen) atoms. The van der Waals surface area contributed by atoms with Gasteiger partial charge in [0, 0.05) is 0 Å². The monoisotopic (exact) mass is 265 g/mol. The first-order valence-corrected chi connectivity index (χ1v) is 5.01. The Hall–Kier alpha value is 1.03. The zero-order chi connectivity index (χ0) is 6.57. The molecule has 0 saturated carbocycles. The second kappa shape index (κ2) is 4.87. The summed E-state index contributed by atoms with van der Waals surface area (Å²) >= 11 is 4.18. The summed E-state index contributed by atoms with van der Waals surface area (Å²) in [6.07, 6.45) is 0. The molecule has 0 aromatic rings. The van der Waals surface area contributed by atoms with Crippen LogP contribution in [0.2, 0.25) is 0 Å². The van der Waals surface area contributed by atoms with Crippen molar-refractivity contribution in [2.24, 2.45) is 0 Å². The third-order valence-electron chi connectivity index (χ3n) is 0.488. The van der Waals surface area contributed by atoms with Crippen LogP contribution in [-0.2, 0) is 11.3 Å². The number of hydrogen-bond donors (Lipinski definition) is 1. The summed E-state index contributed by atoms with van der Waals surface area (Å²) in [5.41, 5.74) is 0.780. The van der Waals surface area contributed by atoms with Gasteiger partial charge in [0.2, 0.25) is 11.3 Å². The third-order valence-corrected chi connectivity index (χ3v) is 3.06. The van der Waals surface area contributed by atoms with Crippen LogP contribution in [0.1, 0.15) is 0 Å². The lowest BCUT2D eigenvalue weighted by Crippen LogP contribution is -2.21. The van der Waals surface area contributed by atoms with E-state index in [2.05, 4.69) is 31.9 Å². The largest absolute Gasteiger partial charge is 0.294 e. The molecule has 0 aliphatic heterocycles. The molecular weight excluding hydrogens is 262 g/mol. The van der Waals surface area contributed by atoms with Gasteiger partial charge in [-0.1, -0.05) is 31.9 Å².